The fourth-order valence-electron chi connectivity index (χ4n) is 1.91. The maximum atomic E-state index is 12.8. The number of hydrogen-bond donors (Lipinski definition) is 1. The van der Waals surface area contributed by atoms with Gasteiger partial charge >= 0.3 is 6.18 Å². The van der Waals surface area contributed by atoms with Gasteiger partial charge in [0.1, 0.15) is 0 Å². The first-order chi connectivity index (χ1) is 9.90. The van der Waals surface area contributed by atoms with Gasteiger partial charge < -0.3 is 5.32 Å². The van der Waals surface area contributed by atoms with Crippen molar-refractivity contribution in [2.24, 2.45) is 0 Å². The van der Waals surface area contributed by atoms with Crippen LogP contribution < -0.4 is 5.32 Å². The minimum Gasteiger partial charge on any atom is -0.312 e. The van der Waals surface area contributed by atoms with E-state index in [1.165, 1.54) is 17.4 Å². The molecule has 0 radical (unpaired) electrons. The molecule has 2 aromatic rings. The molecule has 0 atom stereocenters. The van der Waals surface area contributed by atoms with Gasteiger partial charge in [-0.3, -0.25) is 0 Å². The SMILES string of the molecule is CCCNCc1ccc(-c2cc(Br)cc(C(F)(F)F)c2)s1. The maximum absolute atomic E-state index is 12.8. The average molecular weight is 378 g/mol. The Morgan fingerprint density at radius 1 is 1.19 bits per heavy atom. The Labute approximate surface area is 134 Å². The minimum atomic E-state index is -4.33. The van der Waals surface area contributed by atoms with Crippen LogP contribution in [0.5, 0.6) is 0 Å². The van der Waals surface area contributed by atoms with Crippen molar-refractivity contribution in [3.63, 3.8) is 0 Å². The summed E-state index contributed by atoms with van der Waals surface area (Å²) < 4.78 is 39.0. The molecule has 114 valence electrons. The Morgan fingerprint density at radius 3 is 2.62 bits per heavy atom. The van der Waals surface area contributed by atoms with Crippen LogP contribution in [0, 0.1) is 0 Å². The Hall–Kier alpha value is -0.850. The summed E-state index contributed by atoms with van der Waals surface area (Å²) in [7, 11) is 0. The van der Waals surface area contributed by atoms with Crippen molar-refractivity contribution in [2.75, 3.05) is 6.54 Å². The van der Waals surface area contributed by atoms with E-state index in [0.717, 1.165) is 35.3 Å². The highest BCUT2D eigenvalue weighted by Gasteiger charge is 2.31. The van der Waals surface area contributed by atoms with Gasteiger partial charge in [-0.15, -0.1) is 11.3 Å². The number of nitrogens with one attached hydrogen (secondary N) is 1. The number of hydrogen-bond acceptors (Lipinski definition) is 2. The maximum Gasteiger partial charge on any atom is 0.416 e. The van der Waals surface area contributed by atoms with Crippen molar-refractivity contribution in [3.8, 4) is 10.4 Å². The van der Waals surface area contributed by atoms with Crippen molar-refractivity contribution >= 4 is 27.3 Å². The highest BCUT2D eigenvalue weighted by atomic mass is 79.9. The molecule has 1 nitrogen and oxygen atoms in total. The minimum absolute atomic E-state index is 0.436. The standard InChI is InChI=1S/C15H15BrF3NS/c1-2-5-20-9-13-3-4-14(21-13)10-6-11(15(17,18)19)8-12(16)7-10/h3-4,6-8,20H,2,5,9H2,1H3. The van der Waals surface area contributed by atoms with E-state index >= 15 is 0 Å². The second kappa shape index (κ2) is 6.94. The largest absolute Gasteiger partial charge is 0.416 e. The number of rotatable bonds is 5. The molecule has 0 bridgehead atoms. The van der Waals surface area contributed by atoms with Gasteiger partial charge in [-0.1, -0.05) is 22.9 Å². The second-order valence-electron chi connectivity index (χ2n) is 4.67. The van der Waals surface area contributed by atoms with Crippen LogP contribution in [0.1, 0.15) is 23.8 Å². The third-order valence-corrected chi connectivity index (χ3v) is 4.49. The van der Waals surface area contributed by atoms with Crippen molar-refractivity contribution in [3.05, 3.63) is 45.2 Å². The van der Waals surface area contributed by atoms with Crippen LogP contribution in [-0.4, -0.2) is 6.54 Å². The predicted molar refractivity (Wildman–Crippen MR) is 84.5 cm³/mol. The Kier molecular flexibility index (Phi) is 5.46. The average Bonchev–Trinajstić information content (AvgIpc) is 2.86. The van der Waals surface area contributed by atoms with Gasteiger partial charge in [-0.25, -0.2) is 0 Å². The second-order valence-corrected chi connectivity index (χ2v) is 6.75. The zero-order valence-electron chi connectivity index (χ0n) is 11.4. The quantitative estimate of drug-likeness (QED) is 0.659. The number of alkyl halides is 3. The third kappa shape index (κ3) is 4.56. The van der Waals surface area contributed by atoms with E-state index in [0.29, 0.717) is 10.0 Å². The number of benzene rings is 1. The molecule has 1 heterocycles. The molecule has 0 fully saturated rings. The van der Waals surface area contributed by atoms with E-state index in [-0.39, 0.29) is 0 Å². The van der Waals surface area contributed by atoms with E-state index in [1.807, 2.05) is 12.1 Å². The molecule has 0 saturated heterocycles. The first-order valence-electron chi connectivity index (χ1n) is 6.57. The van der Waals surface area contributed by atoms with Crippen molar-refractivity contribution < 1.29 is 13.2 Å². The first-order valence-corrected chi connectivity index (χ1v) is 8.18. The molecule has 0 aliphatic heterocycles. The van der Waals surface area contributed by atoms with Crippen molar-refractivity contribution in [1.82, 2.24) is 5.32 Å². The molecule has 1 aromatic carbocycles. The molecule has 0 aliphatic carbocycles. The highest BCUT2D eigenvalue weighted by Crippen LogP contribution is 2.36. The first kappa shape index (κ1) is 16.5. The fourth-order valence-corrected chi connectivity index (χ4v) is 3.37. The van der Waals surface area contributed by atoms with E-state index < -0.39 is 11.7 Å². The smallest absolute Gasteiger partial charge is 0.312 e. The normalized spacial score (nSPS) is 11.9. The van der Waals surface area contributed by atoms with Gasteiger partial charge in [0, 0.05) is 20.8 Å². The molecule has 0 unspecified atom stereocenters. The topological polar surface area (TPSA) is 12.0 Å². The van der Waals surface area contributed by atoms with Gasteiger partial charge in [0.15, 0.2) is 0 Å². The van der Waals surface area contributed by atoms with Crippen LogP contribution in [0.2, 0.25) is 0 Å². The zero-order valence-corrected chi connectivity index (χ0v) is 13.8. The summed E-state index contributed by atoms with van der Waals surface area (Å²) in [4.78, 5) is 1.96. The molecule has 0 spiro atoms. The van der Waals surface area contributed by atoms with E-state index in [2.05, 4.69) is 28.2 Å². The van der Waals surface area contributed by atoms with Crippen LogP contribution in [0.15, 0.2) is 34.8 Å². The lowest BCUT2D eigenvalue weighted by atomic mass is 10.1. The van der Waals surface area contributed by atoms with E-state index in [1.54, 1.807) is 6.07 Å². The summed E-state index contributed by atoms with van der Waals surface area (Å²) in [5.41, 5.74) is -0.0469. The van der Waals surface area contributed by atoms with Crippen LogP contribution in [0.4, 0.5) is 13.2 Å². The van der Waals surface area contributed by atoms with Gasteiger partial charge in [0.05, 0.1) is 5.56 Å². The van der Waals surface area contributed by atoms with Crippen molar-refractivity contribution in [2.45, 2.75) is 26.1 Å². The highest BCUT2D eigenvalue weighted by molar-refractivity contribution is 9.10. The summed E-state index contributed by atoms with van der Waals surface area (Å²) in [5, 5.41) is 3.28. The lowest BCUT2D eigenvalue weighted by Crippen LogP contribution is -2.12. The van der Waals surface area contributed by atoms with Crippen LogP contribution in [-0.2, 0) is 12.7 Å². The summed E-state index contributed by atoms with van der Waals surface area (Å²) in [6.07, 6.45) is -3.28. The van der Waals surface area contributed by atoms with Crippen molar-refractivity contribution in [1.29, 1.82) is 0 Å². The van der Waals surface area contributed by atoms with Gasteiger partial charge in [0.25, 0.3) is 0 Å². The van der Waals surface area contributed by atoms with Crippen LogP contribution in [0.25, 0.3) is 10.4 Å². The molecular weight excluding hydrogens is 363 g/mol. The molecule has 21 heavy (non-hydrogen) atoms. The molecule has 1 N–H and O–H groups in total. The summed E-state index contributed by atoms with van der Waals surface area (Å²) >= 11 is 4.67. The summed E-state index contributed by atoms with van der Waals surface area (Å²) in [6.45, 7) is 3.77. The fraction of sp³-hybridized carbons (Fsp3) is 0.333. The lowest BCUT2D eigenvalue weighted by Gasteiger charge is -2.09. The Bertz CT molecular complexity index is 607. The molecular formula is C15H15BrF3NS. The molecule has 0 amide bonds. The van der Waals surface area contributed by atoms with Gasteiger partial charge in [-0.05, 0) is 48.9 Å². The third-order valence-electron chi connectivity index (χ3n) is 2.90. The van der Waals surface area contributed by atoms with E-state index in [9.17, 15) is 13.2 Å². The number of halogens is 4. The summed E-state index contributed by atoms with van der Waals surface area (Å²) in [6, 6.07) is 7.83. The Balaban J connectivity index is 2.24. The summed E-state index contributed by atoms with van der Waals surface area (Å²) in [5.74, 6) is 0. The lowest BCUT2D eigenvalue weighted by molar-refractivity contribution is -0.137. The number of thiophene rings is 1. The molecule has 6 heteroatoms. The van der Waals surface area contributed by atoms with Crippen LogP contribution >= 0.6 is 27.3 Å². The monoisotopic (exact) mass is 377 g/mol. The van der Waals surface area contributed by atoms with Gasteiger partial charge in [-0.2, -0.15) is 13.2 Å². The zero-order chi connectivity index (χ0) is 15.5. The molecule has 1 aromatic heterocycles. The molecule has 0 aliphatic rings. The predicted octanol–water partition coefficient (Wildman–Crippen LogP) is 5.70. The molecule has 0 saturated carbocycles. The molecule has 2 rings (SSSR count). The van der Waals surface area contributed by atoms with Gasteiger partial charge in [0.2, 0.25) is 0 Å². The Morgan fingerprint density at radius 2 is 1.95 bits per heavy atom. The van der Waals surface area contributed by atoms with E-state index in [4.69, 9.17) is 0 Å². The van der Waals surface area contributed by atoms with Crippen LogP contribution in [0.3, 0.4) is 0 Å².